The van der Waals surface area contributed by atoms with E-state index < -0.39 is 9.85 Å². The Balaban J connectivity index is 2.22. The molecule has 2 rings (SSSR count). The van der Waals surface area contributed by atoms with E-state index in [0.717, 1.165) is 18.2 Å². The molecule has 1 aromatic carbocycles. The summed E-state index contributed by atoms with van der Waals surface area (Å²) in [5, 5.41) is 25.7. The predicted molar refractivity (Wildman–Crippen MR) is 73.8 cm³/mol. The highest BCUT2D eigenvalue weighted by atomic mass is 16.6. The van der Waals surface area contributed by atoms with E-state index in [1.54, 1.807) is 0 Å². The summed E-state index contributed by atoms with van der Waals surface area (Å²) in [5.41, 5.74) is 2.97. The lowest BCUT2D eigenvalue weighted by molar-refractivity contribution is -0.393. The van der Waals surface area contributed by atoms with Gasteiger partial charge in [-0.05, 0) is 25.3 Å². The third-order valence-electron chi connectivity index (χ3n) is 3.39. The highest BCUT2D eigenvalue weighted by molar-refractivity contribution is 5.87. The summed E-state index contributed by atoms with van der Waals surface area (Å²) >= 11 is 0. The SMILES string of the molecule is C/C(=N\Nc1ccc([N+](=O)[O-])cc1[N+](=O)[O-])C1CC1C. The van der Waals surface area contributed by atoms with Gasteiger partial charge in [-0.3, -0.25) is 25.7 Å². The lowest BCUT2D eigenvalue weighted by Crippen LogP contribution is -2.03. The molecule has 0 aromatic heterocycles. The number of hydrazone groups is 1. The number of nitrogens with one attached hydrogen (secondary N) is 1. The molecule has 0 spiro atoms. The van der Waals surface area contributed by atoms with Gasteiger partial charge in [0.15, 0.2) is 0 Å². The second kappa shape index (κ2) is 5.24. The third kappa shape index (κ3) is 2.90. The maximum Gasteiger partial charge on any atom is 0.301 e. The first kappa shape index (κ1) is 13.9. The van der Waals surface area contributed by atoms with Crippen molar-refractivity contribution in [3.8, 4) is 0 Å². The summed E-state index contributed by atoms with van der Waals surface area (Å²) in [6.07, 6.45) is 1.07. The molecule has 0 bridgehead atoms. The molecule has 1 aromatic rings. The molecule has 20 heavy (non-hydrogen) atoms. The molecular formula is C12H14N4O4. The van der Waals surface area contributed by atoms with Gasteiger partial charge < -0.3 is 0 Å². The average molecular weight is 278 g/mol. The van der Waals surface area contributed by atoms with Gasteiger partial charge in [-0.25, -0.2) is 0 Å². The summed E-state index contributed by atoms with van der Waals surface area (Å²) in [4.78, 5) is 20.2. The Kier molecular flexibility index (Phi) is 3.64. The van der Waals surface area contributed by atoms with Gasteiger partial charge >= 0.3 is 5.69 Å². The number of hydrogen-bond donors (Lipinski definition) is 1. The monoisotopic (exact) mass is 278 g/mol. The van der Waals surface area contributed by atoms with Gasteiger partial charge in [-0.2, -0.15) is 5.10 Å². The van der Waals surface area contributed by atoms with Crippen molar-refractivity contribution in [2.75, 3.05) is 5.43 Å². The topological polar surface area (TPSA) is 111 Å². The smallest absolute Gasteiger partial charge is 0.272 e. The van der Waals surface area contributed by atoms with Gasteiger partial charge in [0.1, 0.15) is 5.69 Å². The Labute approximate surface area is 114 Å². The Hall–Kier alpha value is -2.51. The van der Waals surface area contributed by atoms with Crippen LogP contribution in [0.15, 0.2) is 23.3 Å². The van der Waals surface area contributed by atoms with Gasteiger partial charge in [-0.1, -0.05) is 6.92 Å². The number of hydrogen-bond acceptors (Lipinski definition) is 6. The van der Waals surface area contributed by atoms with Crippen molar-refractivity contribution < 1.29 is 9.85 Å². The van der Waals surface area contributed by atoms with E-state index in [9.17, 15) is 20.2 Å². The van der Waals surface area contributed by atoms with Crippen LogP contribution in [0.25, 0.3) is 0 Å². The molecule has 0 saturated heterocycles. The lowest BCUT2D eigenvalue weighted by Gasteiger charge is -2.04. The van der Waals surface area contributed by atoms with E-state index in [-0.39, 0.29) is 17.1 Å². The van der Waals surface area contributed by atoms with Crippen molar-refractivity contribution in [3.05, 3.63) is 38.4 Å². The average Bonchev–Trinajstić information content (AvgIpc) is 3.12. The van der Waals surface area contributed by atoms with Crippen LogP contribution in [-0.4, -0.2) is 15.6 Å². The number of nitro benzene ring substituents is 2. The molecule has 0 radical (unpaired) electrons. The minimum atomic E-state index is -0.669. The van der Waals surface area contributed by atoms with Crippen LogP contribution in [0.3, 0.4) is 0 Å². The molecule has 1 aliphatic carbocycles. The van der Waals surface area contributed by atoms with Crippen molar-refractivity contribution in [3.63, 3.8) is 0 Å². The molecule has 1 aliphatic rings. The van der Waals surface area contributed by atoms with Crippen LogP contribution < -0.4 is 5.43 Å². The minimum Gasteiger partial charge on any atom is -0.272 e. The van der Waals surface area contributed by atoms with Gasteiger partial charge in [-0.15, -0.1) is 0 Å². The molecule has 106 valence electrons. The summed E-state index contributed by atoms with van der Waals surface area (Å²) in [5.74, 6) is 1.01. The molecule has 0 heterocycles. The first-order valence-corrected chi connectivity index (χ1v) is 6.13. The molecule has 1 N–H and O–H groups in total. The lowest BCUT2D eigenvalue weighted by atomic mass is 10.2. The van der Waals surface area contributed by atoms with Crippen LogP contribution in [0.2, 0.25) is 0 Å². The fraction of sp³-hybridized carbons (Fsp3) is 0.417. The van der Waals surface area contributed by atoms with E-state index >= 15 is 0 Å². The van der Waals surface area contributed by atoms with E-state index in [2.05, 4.69) is 17.5 Å². The van der Waals surface area contributed by atoms with Crippen LogP contribution in [0.4, 0.5) is 17.1 Å². The predicted octanol–water partition coefficient (Wildman–Crippen LogP) is 2.95. The number of anilines is 1. The van der Waals surface area contributed by atoms with Crippen LogP contribution >= 0.6 is 0 Å². The van der Waals surface area contributed by atoms with Crippen molar-refractivity contribution in [2.24, 2.45) is 16.9 Å². The second-order valence-electron chi connectivity index (χ2n) is 4.90. The molecule has 8 heteroatoms. The zero-order valence-electron chi connectivity index (χ0n) is 11.1. The maximum absolute atomic E-state index is 10.9. The van der Waals surface area contributed by atoms with Crippen molar-refractivity contribution >= 4 is 22.8 Å². The fourth-order valence-electron chi connectivity index (χ4n) is 2.01. The zero-order chi connectivity index (χ0) is 14.9. The third-order valence-corrected chi connectivity index (χ3v) is 3.39. The van der Waals surface area contributed by atoms with E-state index in [1.807, 2.05) is 6.92 Å². The number of non-ortho nitro benzene ring substituents is 1. The fourth-order valence-corrected chi connectivity index (χ4v) is 2.01. The Morgan fingerprint density at radius 1 is 1.35 bits per heavy atom. The summed E-state index contributed by atoms with van der Waals surface area (Å²) < 4.78 is 0. The van der Waals surface area contributed by atoms with Crippen LogP contribution in [0.1, 0.15) is 20.3 Å². The first-order valence-electron chi connectivity index (χ1n) is 6.13. The van der Waals surface area contributed by atoms with Crippen molar-refractivity contribution in [2.45, 2.75) is 20.3 Å². The maximum atomic E-state index is 10.9. The number of benzene rings is 1. The standard InChI is InChI=1S/C12H14N4O4/c1-7-5-10(7)8(2)13-14-11-4-3-9(15(17)18)6-12(11)16(19)20/h3-4,6-7,10,14H,5H2,1-2H3/b13-8+. The Morgan fingerprint density at radius 3 is 2.50 bits per heavy atom. The largest absolute Gasteiger partial charge is 0.301 e. The highest BCUT2D eigenvalue weighted by Gasteiger charge is 2.35. The molecule has 0 aliphatic heterocycles. The molecule has 8 nitrogen and oxygen atoms in total. The number of rotatable bonds is 5. The minimum absolute atomic E-state index is 0.147. The van der Waals surface area contributed by atoms with Crippen LogP contribution in [0.5, 0.6) is 0 Å². The van der Waals surface area contributed by atoms with E-state index in [1.165, 1.54) is 12.1 Å². The van der Waals surface area contributed by atoms with Gasteiger partial charge in [0.25, 0.3) is 5.69 Å². The first-order chi connectivity index (χ1) is 9.40. The van der Waals surface area contributed by atoms with Gasteiger partial charge in [0.2, 0.25) is 0 Å². The number of nitrogens with zero attached hydrogens (tertiary/aromatic N) is 3. The summed E-state index contributed by atoms with van der Waals surface area (Å²) in [7, 11) is 0. The molecular weight excluding hydrogens is 264 g/mol. The van der Waals surface area contributed by atoms with Gasteiger partial charge in [0, 0.05) is 17.7 Å². The Bertz CT molecular complexity index is 599. The molecule has 1 fully saturated rings. The Morgan fingerprint density at radius 2 is 2.00 bits per heavy atom. The van der Waals surface area contributed by atoms with E-state index in [0.29, 0.717) is 11.8 Å². The van der Waals surface area contributed by atoms with Crippen LogP contribution in [0, 0.1) is 32.1 Å². The molecule has 0 amide bonds. The highest BCUT2D eigenvalue weighted by Crippen LogP contribution is 2.39. The van der Waals surface area contributed by atoms with Gasteiger partial charge in [0.05, 0.1) is 15.9 Å². The summed E-state index contributed by atoms with van der Waals surface area (Å²) in [6, 6.07) is 3.43. The molecule has 1 saturated carbocycles. The van der Waals surface area contributed by atoms with E-state index in [4.69, 9.17) is 0 Å². The normalized spacial score (nSPS) is 21.4. The zero-order valence-corrected chi connectivity index (χ0v) is 11.1. The summed E-state index contributed by atoms with van der Waals surface area (Å²) in [6.45, 7) is 3.97. The number of nitro groups is 2. The second-order valence-corrected chi connectivity index (χ2v) is 4.90. The van der Waals surface area contributed by atoms with Crippen molar-refractivity contribution in [1.82, 2.24) is 0 Å². The van der Waals surface area contributed by atoms with Crippen LogP contribution in [-0.2, 0) is 0 Å². The molecule has 2 atom stereocenters. The molecule has 2 unspecified atom stereocenters. The van der Waals surface area contributed by atoms with Crippen molar-refractivity contribution in [1.29, 1.82) is 0 Å². The quantitative estimate of drug-likeness (QED) is 0.505.